The number of hydrogen-bond acceptors (Lipinski definition) is 3. The molecule has 0 saturated carbocycles. The highest BCUT2D eigenvalue weighted by molar-refractivity contribution is 7.88. The van der Waals surface area contributed by atoms with Crippen molar-refractivity contribution in [3.63, 3.8) is 0 Å². The van der Waals surface area contributed by atoms with Gasteiger partial charge in [-0.2, -0.15) is 0 Å². The van der Waals surface area contributed by atoms with E-state index >= 15 is 0 Å². The quantitative estimate of drug-likeness (QED) is 0.698. The van der Waals surface area contributed by atoms with Gasteiger partial charge < -0.3 is 5.32 Å². The summed E-state index contributed by atoms with van der Waals surface area (Å²) in [5.41, 5.74) is 0.533. The SMILES string of the molecule is CCCCCN(CCC(=O)Nc1ccccc1Cl)S(C)(=O)=O. The molecule has 0 atom stereocenters. The lowest BCUT2D eigenvalue weighted by Gasteiger charge is -2.19. The monoisotopic (exact) mass is 346 g/mol. The number of rotatable bonds is 9. The van der Waals surface area contributed by atoms with Gasteiger partial charge in [-0.25, -0.2) is 12.7 Å². The standard InChI is InChI=1S/C15H23ClN2O3S/c1-3-4-7-11-18(22(2,20)21)12-10-15(19)17-14-9-6-5-8-13(14)16/h5-6,8-9H,3-4,7,10-12H2,1-2H3,(H,17,19). The van der Waals surface area contributed by atoms with Crippen molar-refractivity contribution in [2.45, 2.75) is 32.6 Å². The van der Waals surface area contributed by atoms with Crippen LogP contribution in [0.2, 0.25) is 5.02 Å². The molecule has 0 heterocycles. The van der Waals surface area contributed by atoms with Gasteiger partial charge in [0.2, 0.25) is 15.9 Å². The number of amides is 1. The molecule has 22 heavy (non-hydrogen) atoms. The second-order valence-electron chi connectivity index (χ2n) is 5.15. The molecule has 5 nitrogen and oxygen atoms in total. The molecule has 0 aliphatic rings. The minimum atomic E-state index is -3.29. The van der Waals surface area contributed by atoms with Crippen LogP contribution in [0.5, 0.6) is 0 Å². The van der Waals surface area contributed by atoms with Gasteiger partial charge in [-0.3, -0.25) is 4.79 Å². The van der Waals surface area contributed by atoms with Crippen LogP contribution in [0.25, 0.3) is 0 Å². The summed E-state index contributed by atoms with van der Waals surface area (Å²) in [6.45, 7) is 2.69. The second-order valence-corrected chi connectivity index (χ2v) is 7.54. The Bertz CT molecular complexity index is 590. The molecule has 1 aromatic carbocycles. The van der Waals surface area contributed by atoms with Gasteiger partial charge in [0.1, 0.15) is 0 Å². The van der Waals surface area contributed by atoms with E-state index in [0.29, 0.717) is 17.3 Å². The maximum Gasteiger partial charge on any atom is 0.225 e. The Balaban J connectivity index is 2.53. The maximum atomic E-state index is 11.9. The number of anilines is 1. The van der Waals surface area contributed by atoms with Gasteiger partial charge in [0, 0.05) is 19.5 Å². The van der Waals surface area contributed by atoms with Crippen molar-refractivity contribution in [2.75, 3.05) is 24.7 Å². The molecule has 0 unspecified atom stereocenters. The Hall–Kier alpha value is -1.11. The van der Waals surface area contributed by atoms with Crippen molar-refractivity contribution in [2.24, 2.45) is 0 Å². The number of hydrogen-bond donors (Lipinski definition) is 1. The zero-order valence-electron chi connectivity index (χ0n) is 13.0. The Morgan fingerprint density at radius 2 is 1.91 bits per heavy atom. The highest BCUT2D eigenvalue weighted by atomic mass is 35.5. The summed E-state index contributed by atoms with van der Waals surface area (Å²) in [5, 5.41) is 3.15. The first-order valence-corrected chi connectivity index (χ1v) is 9.56. The van der Waals surface area contributed by atoms with Crippen LogP contribution in [0, 0.1) is 0 Å². The first-order chi connectivity index (χ1) is 10.3. The van der Waals surface area contributed by atoms with Gasteiger partial charge in [0.15, 0.2) is 0 Å². The van der Waals surface area contributed by atoms with E-state index < -0.39 is 10.0 Å². The summed E-state index contributed by atoms with van der Waals surface area (Å²) in [7, 11) is -3.29. The van der Waals surface area contributed by atoms with Crippen LogP contribution < -0.4 is 5.32 Å². The highest BCUT2D eigenvalue weighted by Gasteiger charge is 2.17. The third kappa shape index (κ3) is 6.77. The number of benzene rings is 1. The van der Waals surface area contributed by atoms with Gasteiger partial charge in [-0.1, -0.05) is 43.5 Å². The number of unbranched alkanes of at least 4 members (excludes halogenated alkanes) is 2. The first kappa shape index (κ1) is 18.9. The summed E-state index contributed by atoms with van der Waals surface area (Å²) >= 11 is 5.97. The van der Waals surface area contributed by atoms with Crippen LogP contribution in [0.15, 0.2) is 24.3 Å². The van der Waals surface area contributed by atoms with Crippen molar-refractivity contribution in [3.8, 4) is 0 Å². The summed E-state index contributed by atoms with van der Waals surface area (Å²) in [6, 6.07) is 6.94. The lowest BCUT2D eigenvalue weighted by atomic mass is 10.2. The third-order valence-electron chi connectivity index (χ3n) is 3.22. The predicted molar refractivity (Wildman–Crippen MR) is 90.6 cm³/mol. The number of sulfonamides is 1. The van der Waals surface area contributed by atoms with Crippen LogP contribution in [-0.2, 0) is 14.8 Å². The average Bonchev–Trinajstić information content (AvgIpc) is 2.44. The second kappa shape index (κ2) is 9.12. The number of halogens is 1. The summed E-state index contributed by atoms with van der Waals surface area (Å²) in [5.74, 6) is -0.253. The molecule has 0 spiro atoms. The fraction of sp³-hybridized carbons (Fsp3) is 0.533. The van der Waals surface area contributed by atoms with Crippen molar-refractivity contribution < 1.29 is 13.2 Å². The lowest BCUT2D eigenvalue weighted by molar-refractivity contribution is -0.116. The summed E-state index contributed by atoms with van der Waals surface area (Å²) in [6.07, 6.45) is 4.06. The topological polar surface area (TPSA) is 66.5 Å². The highest BCUT2D eigenvalue weighted by Crippen LogP contribution is 2.20. The van der Waals surface area contributed by atoms with Crippen molar-refractivity contribution >= 4 is 33.2 Å². The Kier molecular flexibility index (Phi) is 7.85. The van der Waals surface area contributed by atoms with Crippen molar-refractivity contribution in [1.29, 1.82) is 0 Å². The largest absolute Gasteiger partial charge is 0.325 e. The number of nitrogens with one attached hydrogen (secondary N) is 1. The van der Waals surface area contributed by atoms with E-state index in [2.05, 4.69) is 12.2 Å². The molecule has 0 aliphatic carbocycles. The Morgan fingerprint density at radius 3 is 2.50 bits per heavy atom. The molecule has 1 rings (SSSR count). The number of carbonyl (C=O) groups is 1. The van der Waals surface area contributed by atoms with Crippen molar-refractivity contribution in [3.05, 3.63) is 29.3 Å². The van der Waals surface area contributed by atoms with Crippen LogP contribution in [0.4, 0.5) is 5.69 Å². The summed E-state index contributed by atoms with van der Waals surface area (Å²) in [4.78, 5) is 11.9. The minimum absolute atomic E-state index is 0.102. The van der Waals surface area contributed by atoms with Gasteiger partial charge in [0.25, 0.3) is 0 Å². The van der Waals surface area contributed by atoms with E-state index in [4.69, 9.17) is 11.6 Å². The molecule has 0 bridgehead atoms. The summed E-state index contributed by atoms with van der Waals surface area (Å²) < 4.78 is 24.8. The molecule has 1 amide bonds. The van der Waals surface area contributed by atoms with Gasteiger partial charge in [-0.05, 0) is 18.6 Å². The van der Waals surface area contributed by atoms with E-state index in [1.54, 1.807) is 24.3 Å². The molecule has 0 fully saturated rings. The number of para-hydroxylation sites is 1. The van der Waals surface area contributed by atoms with Gasteiger partial charge in [0.05, 0.1) is 17.0 Å². The molecule has 1 aromatic rings. The smallest absolute Gasteiger partial charge is 0.225 e. The van der Waals surface area contributed by atoms with Gasteiger partial charge >= 0.3 is 0 Å². The number of nitrogens with zero attached hydrogens (tertiary/aromatic N) is 1. The molecule has 0 aromatic heterocycles. The Morgan fingerprint density at radius 1 is 1.23 bits per heavy atom. The average molecular weight is 347 g/mol. The van der Waals surface area contributed by atoms with E-state index in [1.807, 2.05) is 0 Å². The van der Waals surface area contributed by atoms with Crippen LogP contribution >= 0.6 is 11.6 Å². The Labute approximate surface area is 137 Å². The molecular formula is C15H23ClN2O3S. The minimum Gasteiger partial charge on any atom is -0.325 e. The zero-order chi connectivity index (χ0) is 16.6. The molecule has 1 N–H and O–H groups in total. The normalized spacial score (nSPS) is 11.6. The fourth-order valence-corrected chi connectivity index (χ4v) is 3.05. The molecule has 124 valence electrons. The lowest BCUT2D eigenvalue weighted by Crippen LogP contribution is -2.33. The van der Waals surface area contributed by atoms with E-state index in [-0.39, 0.29) is 18.9 Å². The molecule has 7 heteroatoms. The van der Waals surface area contributed by atoms with Crippen LogP contribution in [0.3, 0.4) is 0 Å². The molecule has 0 radical (unpaired) electrons. The molecular weight excluding hydrogens is 324 g/mol. The predicted octanol–water partition coefficient (Wildman–Crippen LogP) is 3.12. The van der Waals surface area contributed by atoms with Crippen LogP contribution in [-0.4, -0.2) is 38.0 Å². The van der Waals surface area contributed by atoms with Gasteiger partial charge in [-0.15, -0.1) is 0 Å². The molecule has 0 saturated heterocycles. The van der Waals surface area contributed by atoms with Crippen molar-refractivity contribution in [1.82, 2.24) is 4.31 Å². The van der Waals surface area contributed by atoms with E-state index in [1.165, 1.54) is 10.6 Å². The zero-order valence-corrected chi connectivity index (χ0v) is 14.6. The first-order valence-electron chi connectivity index (χ1n) is 7.34. The fourth-order valence-electron chi connectivity index (χ4n) is 1.98. The van der Waals surface area contributed by atoms with E-state index in [0.717, 1.165) is 19.3 Å². The third-order valence-corrected chi connectivity index (χ3v) is 4.85. The molecule has 0 aliphatic heterocycles. The number of carbonyl (C=O) groups excluding carboxylic acids is 1. The van der Waals surface area contributed by atoms with E-state index in [9.17, 15) is 13.2 Å². The maximum absolute atomic E-state index is 11.9. The van der Waals surface area contributed by atoms with Crippen LogP contribution in [0.1, 0.15) is 32.6 Å².